The van der Waals surface area contributed by atoms with Crippen molar-refractivity contribution in [2.75, 3.05) is 0 Å². The summed E-state index contributed by atoms with van der Waals surface area (Å²) in [5.41, 5.74) is 0. The van der Waals surface area contributed by atoms with E-state index in [9.17, 15) is 5.11 Å². The average molecular weight is 353 g/mol. The monoisotopic (exact) mass is 352 g/mol. The van der Waals surface area contributed by atoms with Gasteiger partial charge in [0, 0.05) is 0 Å². The van der Waals surface area contributed by atoms with Crippen LogP contribution in [0.15, 0.2) is 12.2 Å². The zero-order valence-electron chi connectivity index (χ0n) is 17.6. The summed E-state index contributed by atoms with van der Waals surface area (Å²) in [7, 11) is 0. The number of unbranched alkanes of at least 4 members (excludes halogenated alkanes) is 14. The van der Waals surface area contributed by atoms with Crippen LogP contribution in [0.4, 0.5) is 0 Å². The molecule has 1 unspecified atom stereocenters. The summed E-state index contributed by atoms with van der Waals surface area (Å²) >= 11 is 0. The van der Waals surface area contributed by atoms with Gasteiger partial charge in [-0.2, -0.15) is 0 Å². The second-order valence-corrected chi connectivity index (χ2v) is 7.88. The summed E-state index contributed by atoms with van der Waals surface area (Å²) in [6, 6.07) is 0. The molecule has 0 spiro atoms. The van der Waals surface area contributed by atoms with E-state index in [4.69, 9.17) is 0 Å². The Hall–Kier alpha value is -0.300. The lowest BCUT2D eigenvalue weighted by Crippen LogP contribution is -2.05. The maximum atomic E-state index is 9.88. The van der Waals surface area contributed by atoms with Gasteiger partial charge in [-0.05, 0) is 38.5 Å². The molecule has 0 saturated carbocycles. The number of aliphatic hydroxyl groups excluding tert-OH is 1. The van der Waals surface area contributed by atoms with Crippen molar-refractivity contribution in [3.05, 3.63) is 12.2 Å². The number of aliphatic hydroxyl groups is 1. The van der Waals surface area contributed by atoms with E-state index in [1.807, 2.05) is 0 Å². The molecule has 0 bridgehead atoms. The molecule has 0 aromatic heterocycles. The maximum absolute atomic E-state index is 9.88. The van der Waals surface area contributed by atoms with Gasteiger partial charge in [0.25, 0.3) is 0 Å². The van der Waals surface area contributed by atoms with E-state index in [1.165, 1.54) is 109 Å². The highest BCUT2D eigenvalue weighted by Gasteiger charge is 2.02. The number of hydrogen-bond acceptors (Lipinski definition) is 1. The molecule has 1 heteroatoms. The number of hydrogen-bond donors (Lipinski definition) is 1. The summed E-state index contributed by atoms with van der Waals surface area (Å²) < 4.78 is 0. The lowest BCUT2D eigenvalue weighted by atomic mass is 10.0. The Labute approximate surface area is 159 Å². The molecule has 0 aliphatic carbocycles. The van der Waals surface area contributed by atoms with Gasteiger partial charge in [0.2, 0.25) is 0 Å². The van der Waals surface area contributed by atoms with Crippen LogP contribution < -0.4 is 0 Å². The van der Waals surface area contributed by atoms with E-state index >= 15 is 0 Å². The maximum Gasteiger partial charge on any atom is 0.0540 e. The van der Waals surface area contributed by atoms with Gasteiger partial charge in [-0.25, -0.2) is 0 Å². The van der Waals surface area contributed by atoms with E-state index in [-0.39, 0.29) is 6.10 Å². The minimum atomic E-state index is -0.0386. The Morgan fingerprint density at radius 2 is 0.880 bits per heavy atom. The largest absolute Gasteiger partial charge is 0.393 e. The Bertz CT molecular complexity index is 259. The third-order valence-corrected chi connectivity index (χ3v) is 5.19. The average Bonchev–Trinajstić information content (AvgIpc) is 2.61. The summed E-state index contributed by atoms with van der Waals surface area (Å²) in [5, 5.41) is 9.88. The van der Waals surface area contributed by atoms with Crippen molar-refractivity contribution in [2.24, 2.45) is 0 Å². The first-order valence-electron chi connectivity index (χ1n) is 11.6. The van der Waals surface area contributed by atoms with Crippen LogP contribution in [-0.4, -0.2) is 11.2 Å². The third kappa shape index (κ3) is 21.7. The second-order valence-electron chi connectivity index (χ2n) is 7.88. The highest BCUT2D eigenvalue weighted by molar-refractivity contribution is 4.81. The third-order valence-electron chi connectivity index (χ3n) is 5.19. The topological polar surface area (TPSA) is 20.2 Å². The van der Waals surface area contributed by atoms with Gasteiger partial charge in [0.15, 0.2) is 0 Å². The fraction of sp³-hybridized carbons (Fsp3) is 0.917. The van der Waals surface area contributed by atoms with E-state index in [1.54, 1.807) is 0 Å². The zero-order valence-corrected chi connectivity index (χ0v) is 17.6. The first kappa shape index (κ1) is 24.7. The Morgan fingerprint density at radius 1 is 0.520 bits per heavy atom. The van der Waals surface area contributed by atoms with Crippen molar-refractivity contribution < 1.29 is 5.11 Å². The van der Waals surface area contributed by atoms with E-state index < -0.39 is 0 Å². The Morgan fingerprint density at radius 3 is 1.40 bits per heavy atom. The predicted octanol–water partition coefficient (Wildman–Crippen LogP) is 8.36. The summed E-state index contributed by atoms with van der Waals surface area (Å²) in [6.07, 6.45) is 29.4. The molecular formula is C24H48O. The fourth-order valence-electron chi connectivity index (χ4n) is 3.40. The second kappa shape index (κ2) is 21.7. The summed E-state index contributed by atoms with van der Waals surface area (Å²) in [6.45, 7) is 4.50. The first-order valence-corrected chi connectivity index (χ1v) is 11.6. The molecule has 0 rings (SSSR count). The molecule has 0 aliphatic rings. The molecule has 0 fully saturated rings. The molecule has 1 N–H and O–H groups in total. The highest BCUT2D eigenvalue weighted by atomic mass is 16.3. The summed E-state index contributed by atoms with van der Waals surface area (Å²) in [4.78, 5) is 0. The van der Waals surface area contributed by atoms with Gasteiger partial charge in [-0.3, -0.25) is 0 Å². The van der Waals surface area contributed by atoms with Crippen molar-refractivity contribution in [3.63, 3.8) is 0 Å². The SMILES string of the molecule is CCCCCCCC/C=C\CCCCCCCCC(O)CCCCC. The molecule has 0 heterocycles. The molecule has 0 radical (unpaired) electrons. The van der Waals surface area contributed by atoms with Crippen LogP contribution in [0.25, 0.3) is 0 Å². The Balaban J connectivity index is 3.14. The smallest absolute Gasteiger partial charge is 0.0540 e. The van der Waals surface area contributed by atoms with Crippen LogP contribution in [0.2, 0.25) is 0 Å². The molecule has 1 atom stereocenters. The first-order chi connectivity index (χ1) is 12.3. The van der Waals surface area contributed by atoms with Crippen molar-refractivity contribution in [2.45, 2.75) is 142 Å². The van der Waals surface area contributed by atoms with E-state index in [0.717, 1.165) is 12.8 Å². The van der Waals surface area contributed by atoms with Crippen molar-refractivity contribution in [1.29, 1.82) is 0 Å². The minimum absolute atomic E-state index is 0.0386. The zero-order chi connectivity index (χ0) is 18.4. The molecule has 1 nitrogen and oxygen atoms in total. The molecule has 0 aromatic rings. The van der Waals surface area contributed by atoms with Gasteiger partial charge >= 0.3 is 0 Å². The van der Waals surface area contributed by atoms with Gasteiger partial charge in [0.1, 0.15) is 0 Å². The van der Waals surface area contributed by atoms with Crippen LogP contribution in [0, 0.1) is 0 Å². The minimum Gasteiger partial charge on any atom is -0.393 e. The van der Waals surface area contributed by atoms with E-state index in [2.05, 4.69) is 26.0 Å². The van der Waals surface area contributed by atoms with Crippen LogP contribution >= 0.6 is 0 Å². The van der Waals surface area contributed by atoms with Crippen LogP contribution in [-0.2, 0) is 0 Å². The molecule has 150 valence electrons. The van der Waals surface area contributed by atoms with Crippen LogP contribution in [0.1, 0.15) is 136 Å². The van der Waals surface area contributed by atoms with E-state index in [0.29, 0.717) is 0 Å². The van der Waals surface area contributed by atoms with Gasteiger partial charge < -0.3 is 5.11 Å². The van der Waals surface area contributed by atoms with Crippen LogP contribution in [0.3, 0.4) is 0 Å². The molecule has 0 saturated heterocycles. The molecular weight excluding hydrogens is 304 g/mol. The standard InChI is InChI=1S/C24H48O/c1-3-5-7-8-9-10-11-12-13-14-15-16-17-18-19-21-23-24(25)22-20-6-4-2/h12-13,24-25H,3-11,14-23H2,1-2H3/b13-12-. The molecule has 0 aromatic carbocycles. The lowest BCUT2D eigenvalue weighted by Gasteiger charge is -2.09. The predicted molar refractivity (Wildman–Crippen MR) is 114 cm³/mol. The van der Waals surface area contributed by atoms with Gasteiger partial charge in [-0.1, -0.05) is 109 Å². The number of rotatable bonds is 20. The Kier molecular flexibility index (Phi) is 21.5. The molecule has 0 amide bonds. The number of allylic oxidation sites excluding steroid dienone is 2. The normalized spacial score (nSPS) is 12.9. The highest BCUT2D eigenvalue weighted by Crippen LogP contribution is 2.13. The molecule has 25 heavy (non-hydrogen) atoms. The van der Waals surface area contributed by atoms with Crippen molar-refractivity contribution in [1.82, 2.24) is 0 Å². The van der Waals surface area contributed by atoms with Crippen molar-refractivity contribution in [3.8, 4) is 0 Å². The van der Waals surface area contributed by atoms with Crippen molar-refractivity contribution >= 4 is 0 Å². The summed E-state index contributed by atoms with van der Waals surface area (Å²) in [5.74, 6) is 0. The van der Waals surface area contributed by atoms with Crippen LogP contribution in [0.5, 0.6) is 0 Å². The molecule has 0 aliphatic heterocycles. The quantitative estimate of drug-likeness (QED) is 0.172. The van der Waals surface area contributed by atoms with Gasteiger partial charge in [0.05, 0.1) is 6.10 Å². The van der Waals surface area contributed by atoms with Gasteiger partial charge in [-0.15, -0.1) is 0 Å². The fourth-order valence-corrected chi connectivity index (χ4v) is 3.40. The lowest BCUT2D eigenvalue weighted by molar-refractivity contribution is 0.147.